The van der Waals surface area contributed by atoms with Crippen LogP contribution in [0.3, 0.4) is 0 Å². The summed E-state index contributed by atoms with van der Waals surface area (Å²) in [6.07, 6.45) is 1.47. The fourth-order valence-electron chi connectivity index (χ4n) is 3.95. The van der Waals surface area contributed by atoms with Crippen molar-refractivity contribution in [1.82, 2.24) is 10.3 Å². The van der Waals surface area contributed by atoms with Crippen molar-refractivity contribution in [2.75, 3.05) is 23.5 Å². The zero-order valence-electron chi connectivity index (χ0n) is 23.3. The smallest absolute Gasteiger partial charge is 0.272 e. The maximum absolute atomic E-state index is 13.5. The van der Waals surface area contributed by atoms with Crippen LogP contribution in [-0.2, 0) is 9.59 Å². The molecule has 12 heteroatoms. The Balaban J connectivity index is 1.26. The summed E-state index contributed by atoms with van der Waals surface area (Å²) in [6.45, 7) is 0. The number of thioether (sulfide) groups is 1. The number of hydrogen-bond acceptors (Lipinski definition) is 9. The van der Waals surface area contributed by atoms with E-state index in [0.29, 0.717) is 27.7 Å². The summed E-state index contributed by atoms with van der Waals surface area (Å²) >= 11 is 4.26. The molecular formula is C32H26N4O5S3. The number of thiophene rings is 1. The predicted molar refractivity (Wildman–Crippen MR) is 176 cm³/mol. The Hall–Kier alpha value is -4.91. The van der Waals surface area contributed by atoms with Crippen molar-refractivity contribution in [2.24, 2.45) is 0 Å². The van der Waals surface area contributed by atoms with Gasteiger partial charge in [-0.3, -0.25) is 14.4 Å². The Kier molecular flexibility index (Phi) is 10.1. The number of methoxy groups -OCH3 is 1. The van der Waals surface area contributed by atoms with E-state index in [4.69, 9.17) is 4.74 Å². The standard InChI is InChI=1S/C32H26N4O5S3/c1-41-27-17-23(37)13-12-21(27)15-25(34-30(39)20-7-3-2-4-8-20)31(40)33-22-9-5-10-24(16-22)43-19-29(38)36-32-35-26(18-44-32)28-11-6-14-42-28/h2-18,37H,19H2,1H3,(H,33,40)(H,34,39)(H,35,36,38)/b25-15+. The predicted octanol–water partition coefficient (Wildman–Crippen LogP) is 6.73. The molecule has 44 heavy (non-hydrogen) atoms. The molecule has 3 amide bonds. The molecule has 0 bridgehead atoms. The molecule has 0 radical (unpaired) electrons. The number of ether oxygens (including phenoxy) is 1. The highest BCUT2D eigenvalue weighted by molar-refractivity contribution is 8.00. The molecule has 0 fully saturated rings. The van der Waals surface area contributed by atoms with Gasteiger partial charge in [-0.15, -0.1) is 34.4 Å². The van der Waals surface area contributed by atoms with Gasteiger partial charge in [-0.2, -0.15) is 0 Å². The number of hydrogen-bond donors (Lipinski definition) is 4. The van der Waals surface area contributed by atoms with E-state index in [1.165, 1.54) is 48.4 Å². The molecule has 0 aliphatic rings. The summed E-state index contributed by atoms with van der Waals surface area (Å²) in [4.78, 5) is 45.3. The first-order chi connectivity index (χ1) is 21.4. The Morgan fingerprint density at radius 2 is 1.80 bits per heavy atom. The van der Waals surface area contributed by atoms with Gasteiger partial charge in [0.2, 0.25) is 5.91 Å². The summed E-state index contributed by atoms with van der Waals surface area (Å²) in [5, 5.41) is 22.6. The van der Waals surface area contributed by atoms with Gasteiger partial charge in [0.05, 0.1) is 23.4 Å². The Morgan fingerprint density at radius 3 is 2.57 bits per heavy atom. The Morgan fingerprint density at radius 1 is 0.955 bits per heavy atom. The van der Waals surface area contributed by atoms with E-state index in [2.05, 4.69) is 20.9 Å². The number of nitrogens with one attached hydrogen (secondary N) is 3. The van der Waals surface area contributed by atoms with Crippen LogP contribution in [-0.4, -0.2) is 40.7 Å². The first-order valence-corrected chi connectivity index (χ1v) is 15.9. The largest absolute Gasteiger partial charge is 0.508 e. The van der Waals surface area contributed by atoms with E-state index in [1.54, 1.807) is 65.9 Å². The van der Waals surface area contributed by atoms with E-state index in [0.717, 1.165) is 15.5 Å². The lowest BCUT2D eigenvalue weighted by molar-refractivity contribution is -0.114. The summed E-state index contributed by atoms with van der Waals surface area (Å²) in [5.74, 6) is -0.785. The third kappa shape index (κ3) is 8.13. The number of benzene rings is 3. The van der Waals surface area contributed by atoms with Crippen molar-refractivity contribution in [3.8, 4) is 22.1 Å². The molecule has 5 rings (SSSR count). The number of phenolic OH excluding ortho intramolecular Hbond substituents is 1. The molecule has 2 aromatic heterocycles. The zero-order valence-corrected chi connectivity index (χ0v) is 25.7. The summed E-state index contributed by atoms with van der Waals surface area (Å²) < 4.78 is 5.34. The quantitative estimate of drug-likeness (QED) is 0.0929. The van der Waals surface area contributed by atoms with Crippen molar-refractivity contribution >= 4 is 69.1 Å². The van der Waals surface area contributed by atoms with Crippen LogP contribution in [0.15, 0.2) is 106 Å². The second-order valence-corrected chi connectivity index (χ2v) is 12.0. The van der Waals surface area contributed by atoms with Gasteiger partial charge in [0.1, 0.15) is 17.2 Å². The molecule has 0 atom stereocenters. The lowest BCUT2D eigenvalue weighted by Crippen LogP contribution is -2.30. The number of rotatable bonds is 11. The van der Waals surface area contributed by atoms with E-state index in [-0.39, 0.29) is 23.1 Å². The minimum Gasteiger partial charge on any atom is -0.508 e. The van der Waals surface area contributed by atoms with Crippen LogP contribution in [0.1, 0.15) is 15.9 Å². The number of carbonyl (C=O) groups is 3. The molecule has 2 heterocycles. The average molecular weight is 643 g/mol. The number of phenols is 1. The van der Waals surface area contributed by atoms with Crippen LogP contribution in [0, 0.1) is 0 Å². The molecule has 3 aromatic carbocycles. The van der Waals surface area contributed by atoms with Gasteiger partial charge < -0.3 is 25.8 Å². The Labute approximate surface area is 265 Å². The molecule has 0 aliphatic carbocycles. The number of anilines is 2. The summed E-state index contributed by atoms with van der Waals surface area (Å²) in [5.41, 5.74) is 2.11. The first kappa shape index (κ1) is 30.5. The van der Waals surface area contributed by atoms with Gasteiger partial charge in [-0.05, 0) is 60.0 Å². The SMILES string of the molecule is COc1cc(O)ccc1/C=C(/NC(=O)c1ccccc1)C(=O)Nc1cccc(SCC(=O)Nc2nc(-c3cccs3)cs2)c1. The third-order valence-corrected chi connectivity index (χ3v) is 8.68. The van der Waals surface area contributed by atoms with Gasteiger partial charge in [0.25, 0.3) is 11.8 Å². The molecule has 5 aromatic rings. The van der Waals surface area contributed by atoms with Crippen LogP contribution in [0.5, 0.6) is 11.5 Å². The summed E-state index contributed by atoms with van der Waals surface area (Å²) in [7, 11) is 1.44. The van der Waals surface area contributed by atoms with Gasteiger partial charge >= 0.3 is 0 Å². The number of amides is 3. The third-order valence-electron chi connectivity index (χ3n) is 6.03. The molecular weight excluding hydrogens is 617 g/mol. The molecule has 0 unspecified atom stereocenters. The van der Waals surface area contributed by atoms with Gasteiger partial charge in [-0.1, -0.05) is 30.3 Å². The first-order valence-electron chi connectivity index (χ1n) is 13.2. The number of aromatic nitrogens is 1. The monoisotopic (exact) mass is 642 g/mol. The van der Waals surface area contributed by atoms with Crippen molar-refractivity contribution in [1.29, 1.82) is 0 Å². The van der Waals surface area contributed by atoms with Gasteiger partial charge in [0.15, 0.2) is 5.13 Å². The van der Waals surface area contributed by atoms with Crippen molar-refractivity contribution in [3.63, 3.8) is 0 Å². The van der Waals surface area contributed by atoms with E-state index in [9.17, 15) is 19.5 Å². The second kappa shape index (κ2) is 14.5. The van der Waals surface area contributed by atoms with Crippen molar-refractivity contribution < 1.29 is 24.2 Å². The van der Waals surface area contributed by atoms with E-state index in [1.807, 2.05) is 29.0 Å². The zero-order chi connectivity index (χ0) is 30.9. The molecule has 0 aliphatic heterocycles. The number of thiazole rings is 1. The van der Waals surface area contributed by atoms with Crippen molar-refractivity contribution in [3.05, 3.63) is 113 Å². The molecule has 4 N–H and O–H groups in total. The maximum atomic E-state index is 13.5. The molecule has 0 spiro atoms. The fraction of sp³-hybridized carbons (Fsp3) is 0.0625. The van der Waals surface area contributed by atoms with Gasteiger partial charge in [-0.25, -0.2) is 4.98 Å². The van der Waals surface area contributed by atoms with E-state index < -0.39 is 11.8 Å². The summed E-state index contributed by atoms with van der Waals surface area (Å²) in [6, 6.07) is 23.9. The normalized spacial score (nSPS) is 11.1. The number of nitrogens with zero attached hydrogens (tertiary/aromatic N) is 1. The second-order valence-electron chi connectivity index (χ2n) is 9.14. The highest BCUT2D eigenvalue weighted by Crippen LogP contribution is 2.29. The average Bonchev–Trinajstić information content (AvgIpc) is 3.74. The van der Waals surface area contributed by atoms with Crippen LogP contribution < -0.4 is 20.7 Å². The molecule has 222 valence electrons. The molecule has 0 saturated carbocycles. The van der Waals surface area contributed by atoms with E-state index >= 15 is 0 Å². The number of carbonyl (C=O) groups excluding carboxylic acids is 3. The highest BCUT2D eigenvalue weighted by Gasteiger charge is 2.17. The molecule has 0 saturated heterocycles. The Bertz CT molecular complexity index is 1800. The minimum atomic E-state index is -0.574. The topological polar surface area (TPSA) is 130 Å². The number of aromatic hydroxyl groups is 1. The maximum Gasteiger partial charge on any atom is 0.272 e. The minimum absolute atomic E-state index is 0.00361. The van der Waals surface area contributed by atoms with Crippen LogP contribution >= 0.6 is 34.4 Å². The lowest BCUT2D eigenvalue weighted by Gasteiger charge is -2.13. The van der Waals surface area contributed by atoms with Crippen LogP contribution in [0.4, 0.5) is 10.8 Å². The lowest BCUT2D eigenvalue weighted by atomic mass is 10.1. The van der Waals surface area contributed by atoms with Crippen LogP contribution in [0.25, 0.3) is 16.6 Å². The highest BCUT2D eigenvalue weighted by atomic mass is 32.2. The molecule has 9 nitrogen and oxygen atoms in total. The fourth-order valence-corrected chi connectivity index (χ4v) is 6.19. The van der Waals surface area contributed by atoms with Crippen LogP contribution in [0.2, 0.25) is 0 Å². The van der Waals surface area contributed by atoms with Gasteiger partial charge in [0, 0.05) is 33.2 Å². The van der Waals surface area contributed by atoms with Crippen molar-refractivity contribution in [2.45, 2.75) is 4.90 Å².